The van der Waals surface area contributed by atoms with E-state index in [0.29, 0.717) is 5.75 Å². The van der Waals surface area contributed by atoms with Crippen LogP contribution in [0, 0.1) is 6.92 Å². The third-order valence-corrected chi connectivity index (χ3v) is 46.0. The highest BCUT2D eigenvalue weighted by Gasteiger charge is 2.55. The Kier molecular flexibility index (Phi) is 36.0. The monoisotopic (exact) mass is 1880 g/mol. The summed E-state index contributed by atoms with van der Waals surface area (Å²) in [5, 5.41) is 48.5. The maximum Gasteiger partial charge on any atom is 0.407 e. The van der Waals surface area contributed by atoms with Crippen molar-refractivity contribution in [1.82, 2.24) is 10.6 Å². The fourth-order valence-electron chi connectivity index (χ4n) is 16.1. The number of ether oxygens (including phenoxy) is 7. The van der Waals surface area contributed by atoms with Crippen LogP contribution in [0.15, 0.2) is 255 Å². The number of rotatable bonds is 37. The molecule has 0 saturated heterocycles. The number of aliphatic hydroxyl groups excluding tert-OH is 4. The van der Waals surface area contributed by atoms with Gasteiger partial charge >= 0.3 is 12.2 Å². The molecule has 0 spiro atoms. The van der Waals surface area contributed by atoms with E-state index in [9.17, 15) is 30.0 Å². The Morgan fingerprint density at radius 3 is 0.917 bits per heavy atom. The van der Waals surface area contributed by atoms with Crippen molar-refractivity contribution in [3.8, 4) is 39.5 Å². The van der Waals surface area contributed by atoms with E-state index in [4.69, 9.17) is 50.9 Å². The highest BCUT2D eigenvalue weighted by Crippen LogP contribution is 2.51. The first-order chi connectivity index (χ1) is 61.7. The average molecular weight is 1880 g/mol. The second-order valence-electron chi connectivity index (χ2n) is 40.8. The van der Waals surface area contributed by atoms with Crippen LogP contribution in [0.3, 0.4) is 0 Å². The Labute approximate surface area is 797 Å². The molecule has 9 atom stereocenters. The normalized spacial score (nSPS) is 15.4. The van der Waals surface area contributed by atoms with E-state index in [1.54, 1.807) is 21.3 Å². The van der Waals surface area contributed by atoms with Crippen molar-refractivity contribution in [1.29, 1.82) is 0 Å². The third kappa shape index (κ3) is 24.7. The lowest BCUT2D eigenvalue weighted by molar-refractivity contribution is -0.133. The van der Waals surface area contributed by atoms with Crippen LogP contribution in [-0.4, -0.2) is 176 Å². The van der Waals surface area contributed by atoms with Gasteiger partial charge in [0.2, 0.25) is 0 Å². The molecule has 23 heteroatoms. The molecule has 0 aromatic heterocycles. The quantitative estimate of drug-likeness (QED) is 0.0157. The first-order valence-corrected chi connectivity index (χ1v) is 57.4. The van der Waals surface area contributed by atoms with Gasteiger partial charge in [-0.1, -0.05) is 322 Å². The molecule has 718 valence electrons. The first-order valence-electron chi connectivity index (χ1n) is 45.7. The zero-order valence-electron chi connectivity index (χ0n) is 81.4. The van der Waals surface area contributed by atoms with Crippen LogP contribution >= 0.6 is 0 Å². The number of alkyl carbamates (subject to hydrolysis) is 2. The number of hydrogen-bond acceptors (Lipinski definition) is 17. The Hall–Kier alpha value is -9.39. The van der Waals surface area contributed by atoms with Crippen LogP contribution in [0.2, 0.25) is 72.5 Å². The predicted molar refractivity (Wildman–Crippen MR) is 547 cm³/mol. The zero-order chi connectivity index (χ0) is 95.5. The largest absolute Gasteiger partial charge is 0.497 e. The predicted octanol–water partition coefficient (Wildman–Crippen LogP) is 23.7. The van der Waals surface area contributed by atoms with Crippen LogP contribution in [0.1, 0.15) is 171 Å². The van der Waals surface area contributed by atoms with Crippen LogP contribution in [0.5, 0.6) is 17.2 Å². The van der Waals surface area contributed by atoms with Gasteiger partial charge in [0.25, 0.3) is 0 Å². The Balaban J connectivity index is 0.000000322. The van der Waals surface area contributed by atoms with Gasteiger partial charge in [-0.3, -0.25) is 0 Å². The number of aryl methyl sites for hydroxylation is 1. The fourth-order valence-corrected chi connectivity index (χ4v) is 21.4. The summed E-state index contributed by atoms with van der Waals surface area (Å²) in [5.41, 5.74) is 12.7. The van der Waals surface area contributed by atoms with E-state index in [1.807, 2.05) is 165 Å². The summed E-state index contributed by atoms with van der Waals surface area (Å²) in [6, 6.07) is 84.2. The molecule has 10 aromatic carbocycles. The smallest absolute Gasteiger partial charge is 0.407 e. The van der Waals surface area contributed by atoms with E-state index in [2.05, 4.69) is 243 Å². The average Bonchev–Trinajstić information content (AvgIpc) is 1.76. The number of carbonyl (C=O) groups is 2. The van der Waals surface area contributed by atoms with Crippen LogP contribution in [0.25, 0.3) is 22.3 Å². The van der Waals surface area contributed by atoms with E-state index >= 15 is 0 Å². The van der Waals surface area contributed by atoms with Gasteiger partial charge < -0.3 is 81.9 Å². The summed E-state index contributed by atoms with van der Waals surface area (Å²) >= 11 is 0. The van der Waals surface area contributed by atoms with Crippen molar-refractivity contribution in [3.05, 3.63) is 316 Å². The number of carbonyl (C=O) groups excluding carboxylic acids is 2. The topological polar surface area (TPSA) is 241 Å². The van der Waals surface area contributed by atoms with E-state index in [-0.39, 0.29) is 73.2 Å². The van der Waals surface area contributed by atoms with Gasteiger partial charge in [-0.05, 0) is 194 Å². The molecule has 2 amide bonds. The van der Waals surface area contributed by atoms with Crippen LogP contribution < -0.4 is 24.8 Å². The van der Waals surface area contributed by atoms with Gasteiger partial charge in [0.1, 0.15) is 60.0 Å². The highest BCUT2D eigenvalue weighted by molar-refractivity contribution is 6.75. The number of benzene rings is 10. The Bertz CT molecular complexity index is 5230. The molecule has 10 aromatic rings. The molecule has 0 fully saturated rings. The van der Waals surface area contributed by atoms with Crippen molar-refractivity contribution in [2.45, 2.75) is 249 Å². The SMILES string of the molecule is C.C.COc1ccc(C(OCC(O)C(O)C(O)C(O)CNC(=O)OCC2c3ccccc3-c3ccccc32)(c2ccccc2)c2ccc(C)cc2)cc1.COc1ccc(C(OCC(O[Si](C)(C)C(C)(C)C)C(O[Si](C)(C)C(C)(C)C)C(O[Si](C)(C)C(C)(C)C)C(CNC(=O)OCC2c3ccccc3-c3ccccc32)O[Si](C)(C)C(C)(C)C)(c2ccccc2)c2ccc(OC)cc2)cc1. The lowest BCUT2D eigenvalue weighted by Crippen LogP contribution is -2.64. The minimum Gasteiger partial charge on any atom is -0.497 e. The van der Waals surface area contributed by atoms with Crippen LogP contribution in [0.4, 0.5) is 9.59 Å². The molecule has 2 aliphatic carbocycles. The van der Waals surface area contributed by atoms with Crippen molar-refractivity contribution < 1.29 is 80.9 Å². The van der Waals surface area contributed by atoms with Gasteiger partial charge in [-0.2, -0.15) is 0 Å². The zero-order valence-corrected chi connectivity index (χ0v) is 85.4. The molecule has 12 rings (SSSR count). The first kappa shape index (κ1) is 107. The van der Waals surface area contributed by atoms with E-state index in [0.717, 1.165) is 83.8 Å². The van der Waals surface area contributed by atoms with E-state index in [1.165, 1.54) is 11.1 Å². The number of hydrogen-bond donors (Lipinski definition) is 6. The molecular weight excluding hydrogens is 1730 g/mol. The standard InChI is InChI=1S/C66H99NO9Si4.C42H43NO8.2CH4/c1-62(2,3)77(15,16)73-57(44-67-61(68)71-45-56-54-34-28-26-32-52(54)53-33-27-29-35-55(53)56)59(75-79(19,20)64(7,8)9)60(76-80(21,22)65(10,11)12)58(74-78(17,18)63(4,5)6)46-72-66(47-30-24-23-25-31-47,48-36-40-50(69-13)41-37-48)49-38-42-51(70-14)43-39-49;1-27-16-18-29(19-17-27)42(28-10-4-3-5-11-28,30-20-22-31(49-2)23-21-30)51-26-38(45)40(47)39(46)37(44)24-43-41(48)50-25-36-34-14-8-6-12-32(34)33-13-7-9-15-35(33)36;;/h23-43,56-60H,44-46H2,1-22H3,(H,67,68);3-23,36-40,44-47H,24-26H2,1-2H3,(H,43,48);2*1H4. The molecule has 0 bridgehead atoms. The second-order valence-corrected chi connectivity index (χ2v) is 59.8. The molecule has 0 saturated carbocycles. The number of nitrogens with one attached hydrogen (secondary N) is 2. The molecule has 6 N–H and O–H groups in total. The molecule has 133 heavy (non-hydrogen) atoms. The summed E-state index contributed by atoms with van der Waals surface area (Å²) in [6.45, 7) is 47.1. The lowest BCUT2D eigenvalue weighted by atomic mass is 9.79. The molecular formula is C110H150N2O17Si4. The summed E-state index contributed by atoms with van der Waals surface area (Å²) in [5.74, 6) is 1.88. The highest BCUT2D eigenvalue weighted by atomic mass is 28.4. The molecule has 0 aliphatic heterocycles. The van der Waals surface area contributed by atoms with Gasteiger partial charge in [-0.25, -0.2) is 9.59 Å². The van der Waals surface area contributed by atoms with Crippen molar-refractivity contribution in [2.24, 2.45) is 0 Å². The fraction of sp³-hybridized carbons (Fsp3) is 0.436. The minimum atomic E-state index is -2.76. The van der Waals surface area contributed by atoms with Crippen molar-refractivity contribution >= 4 is 45.5 Å². The number of methoxy groups -OCH3 is 3. The maximum absolute atomic E-state index is 14.5. The molecule has 9 unspecified atom stereocenters. The molecule has 19 nitrogen and oxygen atoms in total. The summed E-state index contributed by atoms with van der Waals surface area (Å²) in [7, 11) is -5.96. The number of aliphatic hydroxyl groups is 4. The molecule has 0 heterocycles. The van der Waals surface area contributed by atoms with Crippen molar-refractivity contribution in [3.63, 3.8) is 0 Å². The Morgan fingerprint density at radius 2 is 0.594 bits per heavy atom. The second kappa shape index (κ2) is 44.6. The van der Waals surface area contributed by atoms with Gasteiger partial charge in [0.05, 0.1) is 65.1 Å². The van der Waals surface area contributed by atoms with Gasteiger partial charge in [-0.15, -0.1) is 0 Å². The maximum atomic E-state index is 14.5. The summed E-state index contributed by atoms with van der Waals surface area (Å²) in [4.78, 5) is 27.2. The summed E-state index contributed by atoms with van der Waals surface area (Å²) < 4.78 is 75.0. The summed E-state index contributed by atoms with van der Waals surface area (Å²) in [6.07, 6.45) is -11.1. The van der Waals surface area contributed by atoms with Crippen molar-refractivity contribution in [2.75, 3.05) is 60.8 Å². The minimum absolute atomic E-state index is 0. The molecule has 2 aliphatic rings. The molecule has 0 radical (unpaired) electrons. The van der Waals surface area contributed by atoms with Gasteiger partial charge in [0, 0.05) is 24.9 Å². The van der Waals surface area contributed by atoms with Gasteiger partial charge in [0.15, 0.2) is 33.3 Å². The van der Waals surface area contributed by atoms with Crippen LogP contribution in [-0.2, 0) is 47.9 Å². The third-order valence-electron chi connectivity index (χ3n) is 28.0. The van der Waals surface area contributed by atoms with E-state index < -0.39 is 119 Å². The number of amides is 2. The number of fused-ring (bicyclic) bond motifs is 6. The Morgan fingerprint density at radius 1 is 0.331 bits per heavy atom. The lowest BCUT2D eigenvalue weighted by Gasteiger charge is -2.52.